The van der Waals surface area contributed by atoms with Gasteiger partial charge in [0.1, 0.15) is 0 Å². The molecule has 0 saturated carbocycles. The zero-order valence-corrected chi connectivity index (χ0v) is 36.9. The molecule has 10 aromatic carbocycles. The van der Waals surface area contributed by atoms with Crippen molar-refractivity contribution < 1.29 is 0 Å². The van der Waals surface area contributed by atoms with Gasteiger partial charge in [-0.15, -0.1) is 0 Å². The van der Waals surface area contributed by atoms with E-state index in [1.54, 1.807) is 0 Å². The first-order valence-corrected chi connectivity index (χ1v) is 23.0. The molecule has 0 saturated heterocycles. The molecule has 0 aliphatic carbocycles. The van der Waals surface area contributed by atoms with Gasteiger partial charge in [-0.05, 0) is 81.4 Å². The quantitative estimate of drug-likeness (QED) is 0.153. The highest BCUT2D eigenvalue weighted by Gasteiger charge is 2.26. The molecule has 0 spiro atoms. The lowest BCUT2D eigenvalue weighted by molar-refractivity contribution is 0.953. The molecule has 0 radical (unpaired) electrons. The number of hydrogen-bond acceptors (Lipinski definition) is 3. The van der Waals surface area contributed by atoms with Crippen LogP contribution in [-0.2, 0) is 0 Å². The Kier molecular flexibility index (Phi) is 9.43. The van der Waals surface area contributed by atoms with Gasteiger partial charge >= 0.3 is 0 Å². The van der Waals surface area contributed by atoms with Crippen molar-refractivity contribution in [3.8, 4) is 78.9 Å². The van der Waals surface area contributed by atoms with Gasteiger partial charge in [-0.2, -0.15) is 9.97 Å². The van der Waals surface area contributed by atoms with Crippen LogP contribution < -0.4 is 0 Å². The summed E-state index contributed by atoms with van der Waals surface area (Å²) in [5.41, 5.74) is 16.4. The van der Waals surface area contributed by atoms with Crippen LogP contribution in [0.1, 0.15) is 0 Å². The minimum Gasteiger partial charge on any atom is -0.308 e. The maximum atomic E-state index is 5.34. The molecule has 3 aromatic heterocycles. The van der Waals surface area contributed by atoms with Gasteiger partial charge in [0, 0.05) is 38.2 Å². The van der Waals surface area contributed by atoms with E-state index in [9.17, 15) is 0 Å². The third-order valence-corrected chi connectivity index (χ3v) is 13.2. The molecule has 0 bridgehead atoms. The Morgan fingerprint density at radius 1 is 0.250 bits per heavy atom. The normalized spacial score (nSPS) is 11.5. The van der Waals surface area contributed by atoms with Crippen molar-refractivity contribution in [3.63, 3.8) is 0 Å². The lowest BCUT2D eigenvalue weighted by Gasteiger charge is -2.17. The predicted octanol–water partition coefficient (Wildman–Crippen LogP) is 16.1. The molecule has 5 nitrogen and oxygen atoms in total. The highest BCUT2D eigenvalue weighted by molar-refractivity contribution is 6.19. The van der Waals surface area contributed by atoms with Crippen LogP contribution in [0.5, 0.6) is 0 Å². The molecule has 0 aliphatic heterocycles. The fourth-order valence-electron chi connectivity index (χ4n) is 9.98. The van der Waals surface area contributed by atoms with Crippen LogP contribution in [-0.4, -0.2) is 24.1 Å². The molecule has 0 N–H and O–H groups in total. The van der Waals surface area contributed by atoms with Gasteiger partial charge in [0.15, 0.2) is 11.6 Å². The number of nitrogens with zero attached hydrogens (tertiary/aromatic N) is 5. The first-order chi connectivity index (χ1) is 33.7. The summed E-state index contributed by atoms with van der Waals surface area (Å²) in [5, 5.41) is 4.55. The Morgan fingerprint density at radius 3 is 1.03 bits per heavy atom. The second-order valence-corrected chi connectivity index (χ2v) is 17.2. The van der Waals surface area contributed by atoms with E-state index in [-0.39, 0.29) is 0 Å². The van der Waals surface area contributed by atoms with Crippen molar-refractivity contribution in [1.82, 2.24) is 24.1 Å². The van der Waals surface area contributed by atoms with E-state index < -0.39 is 0 Å². The van der Waals surface area contributed by atoms with E-state index in [4.69, 9.17) is 15.0 Å². The summed E-state index contributed by atoms with van der Waals surface area (Å²) in [6, 6.07) is 88.5. The summed E-state index contributed by atoms with van der Waals surface area (Å²) in [6.07, 6.45) is 0. The smallest absolute Gasteiger partial charge is 0.238 e. The first kappa shape index (κ1) is 39.2. The van der Waals surface area contributed by atoms with Crippen molar-refractivity contribution in [1.29, 1.82) is 0 Å². The zero-order chi connectivity index (χ0) is 45.0. The largest absolute Gasteiger partial charge is 0.308 e. The van der Waals surface area contributed by atoms with Gasteiger partial charge < -0.3 is 4.57 Å². The lowest BCUT2D eigenvalue weighted by atomic mass is 9.97. The summed E-state index contributed by atoms with van der Waals surface area (Å²) in [7, 11) is 0. The number of hydrogen-bond donors (Lipinski definition) is 0. The average molecular weight is 868 g/mol. The molecule has 13 aromatic rings. The number of benzene rings is 10. The van der Waals surface area contributed by atoms with Crippen molar-refractivity contribution in [2.75, 3.05) is 0 Å². The molecule has 0 unspecified atom stereocenters. The standard InChI is InChI=1S/C63H41N5/c1-7-19-42(20-8-1)48-31-35-55-52(39-48)53-40-49(43-21-9-2-10-22-43)32-36-56(53)67(55)60-51(45-25-13-4-14-26-45)34-38-58-59(60)54-41-50(44-23-11-3-12-24-44)33-37-57(54)68(58)63-65-61(46-27-15-5-16-28-46)64-62(66-63)47-29-17-6-18-30-47/h1-41H. The molecule has 3 heterocycles. The second-order valence-electron chi connectivity index (χ2n) is 17.2. The molecule has 5 heteroatoms. The maximum Gasteiger partial charge on any atom is 0.238 e. The van der Waals surface area contributed by atoms with E-state index in [0.717, 1.165) is 71.9 Å². The Hall–Kier alpha value is -9.19. The Labute approximate surface area is 393 Å². The monoisotopic (exact) mass is 867 g/mol. The van der Waals surface area contributed by atoms with Crippen LogP contribution in [0.15, 0.2) is 249 Å². The Balaban J connectivity index is 1.19. The number of aromatic nitrogens is 5. The van der Waals surface area contributed by atoms with Gasteiger partial charge in [0.2, 0.25) is 5.95 Å². The van der Waals surface area contributed by atoms with E-state index in [1.807, 2.05) is 36.4 Å². The summed E-state index contributed by atoms with van der Waals surface area (Å²) < 4.78 is 4.75. The molecule has 0 atom stereocenters. The number of rotatable bonds is 8. The summed E-state index contributed by atoms with van der Waals surface area (Å²) in [4.78, 5) is 15.8. The lowest BCUT2D eigenvalue weighted by Crippen LogP contribution is -2.06. The first-order valence-electron chi connectivity index (χ1n) is 23.0. The van der Waals surface area contributed by atoms with Gasteiger partial charge in [0.05, 0.1) is 27.8 Å². The predicted molar refractivity (Wildman–Crippen MR) is 281 cm³/mol. The third kappa shape index (κ3) is 6.68. The van der Waals surface area contributed by atoms with Crippen molar-refractivity contribution in [3.05, 3.63) is 249 Å². The van der Waals surface area contributed by atoms with E-state index in [0.29, 0.717) is 17.6 Å². The van der Waals surface area contributed by atoms with Crippen LogP contribution in [0.4, 0.5) is 0 Å². The topological polar surface area (TPSA) is 48.5 Å². The fraction of sp³-hybridized carbons (Fsp3) is 0. The summed E-state index contributed by atoms with van der Waals surface area (Å²) in [6.45, 7) is 0. The second kappa shape index (κ2) is 16.4. The van der Waals surface area contributed by atoms with Crippen molar-refractivity contribution in [2.24, 2.45) is 0 Å². The van der Waals surface area contributed by atoms with Crippen LogP contribution in [0, 0.1) is 0 Å². The highest BCUT2D eigenvalue weighted by Crippen LogP contribution is 2.46. The molecular formula is C63H41N5. The summed E-state index contributed by atoms with van der Waals surface area (Å²) in [5.74, 6) is 1.76. The Bertz CT molecular complexity index is 3820. The zero-order valence-electron chi connectivity index (χ0n) is 36.9. The molecular weight excluding hydrogens is 827 g/mol. The minimum atomic E-state index is 0.547. The van der Waals surface area contributed by atoms with Crippen molar-refractivity contribution in [2.45, 2.75) is 0 Å². The SMILES string of the molecule is c1ccc(-c2ccc3c(c2)c2cc(-c4ccccc4)ccc2n3-c2c(-c3ccccc3)ccc3c2c2cc(-c4ccccc4)ccc2n3-c2nc(-c3ccccc3)nc(-c3ccccc3)n2)cc1. The maximum absolute atomic E-state index is 5.34. The van der Waals surface area contributed by atoms with Crippen LogP contribution >= 0.6 is 0 Å². The van der Waals surface area contributed by atoms with Gasteiger partial charge in [-0.3, -0.25) is 4.57 Å². The third-order valence-electron chi connectivity index (χ3n) is 13.2. The fourth-order valence-corrected chi connectivity index (χ4v) is 9.98. The summed E-state index contributed by atoms with van der Waals surface area (Å²) >= 11 is 0. The van der Waals surface area contributed by atoms with Gasteiger partial charge in [-0.25, -0.2) is 4.98 Å². The van der Waals surface area contributed by atoms with E-state index in [2.05, 4.69) is 221 Å². The van der Waals surface area contributed by atoms with E-state index >= 15 is 0 Å². The van der Waals surface area contributed by atoms with Crippen LogP contribution in [0.2, 0.25) is 0 Å². The van der Waals surface area contributed by atoms with E-state index in [1.165, 1.54) is 33.0 Å². The Morgan fingerprint density at radius 2 is 0.603 bits per heavy atom. The molecule has 0 amide bonds. The average Bonchev–Trinajstić information content (AvgIpc) is 3.93. The molecule has 0 aliphatic rings. The van der Waals surface area contributed by atoms with Gasteiger partial charge in [-0.1, -0.05) is 206 Å². The number of fused-ring (bicyclic) bond motifs is 6. The van der Waals surface area contributed by atoms with Gasteiger partial charge in [0.25, 0.3) is 0 Å². The highest BCUT2D eigenvalue weighted by atomic mass is 15.2. The molecule has 0 fully saturated rings. The molecule has 13 rings (SSSR count). The van der Waals surface area contributed by atoms with Crippen LogP contribution in [0.25, 0.3) is 123 Å². The van der Waals surface area contributed by atoms with Crippen molar-refractivity contribution >= 4 is 43.6 Å². The molecule has 68 heavy (non-hydrogen) atoms. The minimum absolute atomic E-state index is 0.547. The molecule has 318 valence electrons. The van der Waals surface area contributed by atoms with Crippen LogP contribution in [0.3, 0.4) is 0 Å².